The minimum atomic E-state index is 0.141. The number of halogens is 1. The Morgan fingerprint density at radius 1 is 1.71 bits per heavy atom. The molecule has 2 atom stereocenters. The second-order valence-electron chi connectivity index (χ2n) is 3.91. The summed E-state index contributed by atoms with van der Waals surface area (Å²) in [4.78, 5) is 0. The molecule has 1 saturated heterocycles. The molecule has 2 heterocycles. The molecule has 2 unspecified atom stereocenters. The number of nitrogens with zero attached hydrogens (tertiary/aromatic N) is 3. The highest BCUT2D eigenvalue weighted by atomic mass is 79.9. The van der Waals surface area contributed by atoms with E-state index in [-0.39, 0.29) is 12.1 Å². The van der Waals surface area contributed by atoms with E-state index in [1.54, 1.807) is 4.68 Å². The first-order valence-electron chi connectivity index (χ1n) is 5.71. The third-order valence-corrected chi connectivity index (χ3v) is 4.34. The van der Waals surface area contributed by atoms with Crippen LogP contribution in [0.2, 0.25) is 0 Å². The number of hydrogen-bond acceptors (Lipinski definition) is 5. The van der Waals surface area contributed by atoms with Crippen LogP contribution in [-0.2, 0) is 11.8 Å². The van der Waals surface area contributed by atoms with Crippen LogP contribution in [0.1, 0.15) is 18.7 Å². The molecule has 5 nitrogen and oxygen atoms in total. The van der Waals surface area contributed by atoms with Crippen molar-refractivity contribution in [3.63, 3.8) is 0 Å². The standard InChI is InChI=1S/C10H17BrN4OS/c1-3-12-8(7-6-17-5-4-16-7)9-10(11)13-14-15(9)2/h7-8,12H,3-6H2,1-2H3. The molecule has 7 heteroatoms. The summed E-state index contributed by atoms with van der Waals surface area (Å²) < 4.78 is 8.46. The van der Waals surface area contributed by atoms with Gasteiger partial charge in [0.2, 0.25) is 0 Å². The van der Waals surface area contributed by atoms with Crippen LogP contribution in [-0.4, -0.2) is 45.8 Å². The molecule has 1 fully saturated rings. The van der Waals surface area contributed by atoms with Crippen LogP contribution in [0, 0.1) is 0 Å². The number of rotatable bonds is 4. The highest BCUT2D eigenvalue weighted by Crippen LogP contribution is 2.28. The molecule has 1 aliphatic heterocycles. The van der Waals surface area contributed by atoms with Crippen molar-refractivity contribution in [1.82, 2.24) is 20.3 Å². The molecule has 1 N–H and O–H groups in total. The normalized spacial score (nSPS) is 22.6. The first-order valence-corrected chi connectivity index (χ1v) is 7.66. The molecule has 0 aliphatic carbocycles. The molecule has 1 aromatic heterocycles. The van der Waals surface area contributed by atoms with Gasteiger partial charge in [-0.25, -0.2) is 4.68 Å². The summed E-state index contributed by atoms with van der Waals surface area (Å²) in [6.45, 7) is 3.81. The summed E-state index contributed by atoms with van der Waals surface area (Å²) in [5, 5.41) is 11.5. The predicted octanol–water partition coefficient (Wildman–Crippen LogP) is 1.36. The van der Waals surface area contributed by atoms with E-state index >= 15 is 0 Å². The number of hydrogen-bond donors (Lipinski definition) is 1. The first-order chi connectivity index (χ1) is 8.24. The van der Waals surface area contributed by atoms with Crippen molar-refractivity contribution in [3.8, 4) is 0 Å². The Bertz CT molecular complexity index is 348. The van der Waals surface area contributed by atoms with Crippen LogP contribution in [0.3, 0.4) is 0 Å². The van der Waals surface area contributed by atoms with E-state index in [2.05, 4.69) is 38.5 Å². The smallest absolute Gasteiger partial charge is 0.153 e. The molecule has 96 valence electrons. The number of thioether (sulfide) groups is 1. The highest BCUT2D eigenvalue weighted by Gasteiger charge is 2.30. The van der Waals surface area contributed by atoms with Gasteiger partial charge in [-0.1, -0.05) is 12.1 Å². The van der Waals surface area contributed by atoms with Crippen molar-refractivity contribution in [3.05, 3.63) is 10.3 Å². The Labute approximate surface area is 114 Å². The molecule has 0 spiro atoms. The maximum atomic E-state index is 5.85. The minimum absolute atomic E-state index is 0.141. The molecule has 0 saturated carbocycles. The number of aryl methyl sites for hydroxylation is 1. The maximum absolute atomic E-state index is 5.85. The monoisotopic (exact) mass is 320 g/mol. The third kappa shape index (κ3) is 3.01. The van der Waals surface area contributed by atoms with E-state index in [9.17, 15) is 0 Å². The Balaban J connectivity index is 2.21. The van der Waals surface area contributed by atoms with Gasteiger partial charge in [0.05, 0.1) is 24.4 Å². The fourth-order valence-electron chi connectivity index (χ4n) is 1.99. The zero-order valence-corrected chi connectivity index (χ0v) is 12.4. The van der Waals surface area contributed by atoms with Crippen LogP contribution >= 0.6 is 27.7 Å². The van der Waals surface area contributed by atoms with E-state index < -0.39 is 0 Å². The zero-order chi connectivity index (χ0) is 12.3. The van der Waals surface area contributed by atoms with Gasteiger partial charge in [-0.3, -0.25) is 0 Å². The second kappa shape index (κ2) is 6.17. The molecule has 1 aromatic rings. The predicted molar refractivity (Wildman–Crippen MR) is 72.2 cm³/mol. The average molecular weight is 321 g/mol. The van der Waals surface area contributed by atoms with Gasteiger partial charge in [0.25, 0.3) is 0 Å². The molecule has 1 aliphatic rings. The Hall–Kier alpha value is -0.110. The molecule has 2 rings (SSSR count). The van der Waals surface area contributed by atoms with Gasteiger partial charge in [-0.2, -0.15) is 11.8 Å². The van der Waals surface area contributed by atoms with Crippen molar-refractivity contribution in [2.24, 2.45) is 7.05 Å². The van der Waals surface area contributed by atoms with Crippen LogP contribution in [0.15, 0.2) is 4.60 Å². The van der Waals surface area contributed by atoms with Crippen molar-refractivity contribution < 1.29 is 4.74 Å². The number of aromatic nitrogens is 3. The van der Waals surface area contributed by atoms with Gasteiger partial charge in [0, 0.05) is 18.6 Å². The van der Waals surface area contributed by atoms with Crippen molar-refractivity contribution in [1.29, 1.82) is 0 Å². The van der Waals surface area contributed by atoms with Crippen molar-refractivity contribution >= 4 is 27.7 Å². The van der Waals surface area contributed by atoms with Crippen LogP contribution in [0.25, 0.3) is 0 Å². The SMILES string of the molecule is CCNC(c1c(Br)nnn1C)C1CSCCO1. The summed E-state index contributed by atoms with van der Waals surface area (Å²) in [6, 6.07) is 0.141. The summed E-state index contributed by atoms with van der Waals surface area (Å²) in [6.07, 6.45) is 0.183. The van der Waals surface area contributed by atoms with Gasteiger partial charge in [-0.05, 0) is 22.5 Å². The lowest BCUT2D eigenvalue weighted by atomic mass is 10.1. The number of ether oxygens (including phenoxy) is 1. The fraction of sp³-hybridized carbons (Fsp3) is 0.800. The van der Waals surface area contributed by atoms with E-state index in [0.29, 0.717) is 0 Å². The summed E-state index contributed by atoms with van der Waals surface area (Å²) in [5.41, 5.74) is 1.05. The molecule has 0 amide bonds. The quantitative estimate of drug-likeness (QED) is 0.907. The van der Waals surface area contributed by atoms with Gasteiger partial charge in [0.1, 0.15) is 0 Å². The van der Waals surface area contributed by atoms with Crippen molar-refractivity contribution in [2.45, 2.75) is 19.1 Å². The average Bonchev–Trinajstić information content (AvgIpc) is 2.68. The lowest BCUT2D eigenvalue weighted by molar-refractivity contribution is 0.0449. The van der Waals surface area contributed by atoms with Gasteiger partial charge in [-0.15, -0.1) is 5.10 Å². The van der Waals surface area contributed by atoms with Gasteiger partial charge >= 0.3 is 0 Å². The third-order valence-electron chi connectivity index (χ3n) is 2.76. The zero-order valence-electron chi connectivity index (χ0n) is 10.0. The van der Waals surface area contributed by atoms with Crippen LogP contribution in [0.5, 0.6) is 0 Å². The molecule has 17 heavy (non-hydrogen) atoms. The number of likely N-dealkylation sites (N-methyl/N-ethyl adjacent to an activating group) is 1. The van der Waals surface area contributed by atoms with E-state index in [4.69, 9.17) is 4.74 Å². The van der Waals surface area contributed by atoms with E-state index in [0.717, 1.165) is 35.0 Å². The highest BCUT2D eigenvalue weighted by molar-refractivity contribution is 9.10. The summed E-state index contributed by atoms with van der Waals surface area (Å²) in [7, 11) is 1.91. The number of nitrogens with one attached hydrogen (secondary N) is 1. The van der Waals surface area contributed by atoms with Gasteiger partial charge in [0.15, 0.2) is 4.60 Å². The maximum Gasteiger partial charge on any atom is 0.153 e. The molecule has 0 bridgehead atoms. The minimum Gasteiger partial charge on any atom is -0.374 e. The first kappa shape index (κ1) is 13.3. The van der Waals surface area contributed by atoms with E-state index in [1.807, 2.05) is 18.8 Å². The lowest BCUT2D eigenvalue weighted by Gasteiger charge is -2.30. The molecule has 0 radical (unpaired) electrons. The van der Waals surface area contributed by atoms with Crippen molar-refractivity contribution in [2.75, 3.05) is 24.7 Å². The van der Waals surface area contributed by atoms with E-state index in [1.165, 1.54) is 0 Å². The van der Waals surface area contributed by atoms with Crippen LogP contribution in [0.4, 0.5) is 0 Å². The largest absolute Gasteiger partial charge is 0.374 e. The topological polar surface area (TPSA) is 52.0 Å². The molecule has 0 aromatic carbocycles. The van der Waals surface area contributed by atoms with Gasteiger partial charge < -0.3 is 10.1 Å². The summed E-state index contributed by atoms with van der Waals surface area (Å²) >= 11 is 5.39. The molecular formula is C10H17BrN4OS. The Kier molecular flexibility index (Phi) is 4.84. The second-order valence-corrected chi connectivity index (χ2v) is 5.81. The fourth-order valence-corrected chi connectivity index (χ4v) is 3.47. The lowest BCUT2D eigenvalue weighted by Crippen LogP contribution is -2.39. The Morgan fingerprint density at radius 2 is 2.53 bits per heavy atom. The van der Waals surface area contributed by atoms with Crippen LogP contribution < -0.4 is 5.32 Å². The summed E-state index contributed by atoms with van der Waals surface area (Å²) in [5.74, 6) is 2.09. The Morgan fingerprint density at radius 3 is 3.06 bits per heavy atom. The molecular weight excluding hydrogens is 304 g/mol.